The Bertz CT molecular complexity index is 536. The number of rotatable bonds is 3. The van der Waals surface area contributed by atoms with Gasteiger partial charge in [-0.2, -0.15) is 0 Å². The topological polar surface area (TPSA) is 54.6 Å². The molecule has 2 rings (SSSR count). The minimum atomic E-state index is -0.452. The molecule has 20 heavy (non-hydrogen) atoms. The average Bonchev–Trinajstić information content (AvgIpc) is 2.46. The quantitative estimate of drug-likeness (QED) is 0.828. The largest absolute Gasteiger partial charge is 0.496 e. The van der Waals surface area contributed by atoms with Gasteiger partial charge in [0.2, 0.25) is 5.56 Å². The maximum Gasteiger partial charge on any atom is 0.496 e. The molecule has 2 heterocycles. The van der Waals surface area contributed by atoms with Crippen molar-refractivity contribution in [1.82, 2.24) is 9.88 Å². The number of aromatic amines is 1. The Morgan fingerprint density at radius 2 is 1.75 bits per heavy atom. The number of hydrogen-bond donors (Lipinski definition) is 1. The maximum atomic E-state index is 11.5. The van der Waals surface area contributed by atoms with Gasteiger partial charge in [0.25, 0.3) is 0 Å². The molecule has 0 amide bonds. The van der Waals surface area contributed by atoms with Crippen molar-refractivity contribution in [2.75, 3.05) is 14.1 Å². The number of nitrogens with zero attached hydrogens (tertiary/aromatic N) is 1. The van der Waals surface area contributed by atoms with Gasteiger partial charge >= 0.3 is 7.12 Å². The van der Waals surface area contributed by atoms with Gasteiger partial charge in [-0.3, -0.25) is 4.79 Å². The molecule has 0 bridgehead atoms. The lowest BCUT2D eigenvalue weighted by molar-refractivity contribution is 0.00578. The minimum absolute atomic E-state index is 0.109. The van der Waals surface area contributed by atoms with Crippen LogP contribution >= 0.6 is 0 Å². The fourth-order valence-corrected chi connectivity index (χ4v) is 2.19. The normalized spacial score (nSPS) is 20.6. The Labute approximate surface area is 120 Å². The summed E-state index contributed by atoms with van der Waals surface area (Å²) in [5.74, 6) is 0. The first-order chi connectivity index (χ1) is 9.12. The predicted octanol–water partition coefficient (Wildman–Crippen LogP) is 0.736. The average molecular weight is 278 g/mol. The first kappa shape index (κ1) is 15.3. The summed E-state index contributed by atoms with van der Waals surface area (Å²) in [5.41, 5.74) is 0.933. The van der Waals surface area contributed by atoms with Gasteiger partial charge in [0.15, 0.2) is 0 Å². The molecular formula is C14H23BN2O3. The minimum Gasteiger partial charge on any atom is -0.399 e. The van der Waals surface area contributed by atoms with E-state index in [4.69, 9.17) is 9.31 Å². The SMILES string of the molecule is CN(C)Cc1cc(=O)[nH]cc1B1OC(C)(C)C(C)(C)O1. The van der Waals surface area contributed by atoms with E-state index in [1.807, 2.05) is 46.7 Å². The molecular weight excluding hydrogens is 255 g/mol. The van der Waals surface area contributed by atoms with Crippen LogP contribution in [0.2, 0.25) is 0 Å². The van der Waals surface area contributed by atoms with Gasteiger partial charge in [0.1, 0.15) is 0 Å². The third-order valence-corrected chi connectivity index (χ3v) is 4.04. The predicted molar refractivity (Wildman–Crippen MR) is 80.2 cm³/mol. The highest BCUT2D eigenvalue weighted by atomic mass is 16.7. The van der Waals surface area contributed by atoms with Gasteiger partial charge in [-0.05, 0) is 47.4 Å². The summed E-state index contributed by atoms with van der Waals surface area (Å²) in [6, 6.07) is 1.61. The standard InChI is InChI=1S/C14H23BN2O3/c1-13(2)14(3,4)20-15(19-13)11-8-16-12(18)7-10(11)9-17(5)6/h7-8H,9H2,1-6H3,(H,16,18). The second-order valence-electron chi connectivity index (χ2n) is 6.60. The molecule has 6 heteroatoms. The van der Waals surface area contributed by atoms with E-state index >= 15 is 0 Å². The first-order valence-electron chi connectivity index (χ1n) is 6.84. The van der Waals surface area contributed by atoms with Crippen molar-refractivity contribution < 1.29 is 9.31 Å². The molecule has 0 spiro atoms. The monoisotopic (exact) mass is 278 g/mol. The summed E-state index contributed by atoms with van der Waals surface area (Å²) in [4.78, 5) is 16.3. The summed E-state index contributed by atoms with van der Waals surface area (Å²) >= 11 is 0. The Morgan fingerprint density at radius 1 is 1.20 bits per heavy atom. The van der Waals surface area contributed by atoms with Crippen molar-refractivity contribution in [3.05, 3.63) is 28.2 Å². The van der Waals surface area contributed by atoms with Crippen LogP contribution in [0.3, 0.4) is 0 Å². The highest BCUT2D eigenvalue weighted by molar-refractivity contribution is 6.62. The number of aromatic nitrogens is 1. The summed E-state index contributed by atoms with van der Waals surface area (Å²) in [5, 5.41) is 0. The zero-order chi connectivity index (χ0) is 15.1. The van der Waals surface area contributed by atoms with E-state index in [0.29, 0.717) is 6.54 Å². The van der Waals surface area contributed by atoms with Crippen molar-refractivity contribution in [2.24, 2.45) is 0 Å². The zero-order valence-corrected chi connectivity index (χ0v) is 13.1. The zero-order valence-electron chi connectivity index (χ0n) is 13.1. The lowest BCUT2D eigenvalue weighted by Gasteiger charge is -2.32. The lowest BCUT2D eigenvalue weighted by atomic mass is 9.77. The number of H-pyrrole nitrogens is 1. The van der Waals surface area contributed by atoms with Crippen LogP contribution in [0.5, 0.6) is 0 Å². The van der Waals surface area contributed by atoms with Crippen LogP contribution in [0.4, 0.5) is 0 Å². The molecule has 0 unspecified atom stereocenters. The molecule has 1 N–H and O–H groups in total. The van der Waals surface area contributed by atoms with Gasteiger partial charge in [-0.25, -0.2) is 0 Å². The van der Waals surface area contributed by atoms with Crippen molar-refractivity contribution in [1.29, 1.82) is 0 Å². The van der Waals surface area contributed by atoms with E-state index in [9.17, 15) is 4.79 Å². The van der Waals surface area contributed by atoms with Gasteiger partial charge < -0.3 is 19.2 Å². The van der Waals surface area contributed by atoms with Gasteiger partial charge in [0.05, 0.1) is 11.2 Å². The highest BCUT2D eigenvalue weighted by Crippen LogP contribution is 2.36. The van der Waals surface area contributed by atoms with E-state index in [2.05, 4.69) is 4.98 Å². The summed E-state index contributed by atoms with van der Waals surface area (Å²) in [7, 11) is 3.48. The van der Waals surface area contributed by atoms with Gasteiger partial charge in [-0.15, -0.1) is 0 Å². The van der Waals surface area contributed by atoms with E-state index in [1.165, 1.54) is 0 Å². The molecule has 1 aromatic heterocycles. The molecule has 0 saturated carbocycles. The van der Waals surface area contributed by atoms with E-state index in [0.717, 1.165) is 11.0 Å². The van der Waals surface area contributed by atoms with E-state index < -0.39 is 7.12 Å². The fraction of sp³-hybridized carbons (Fsp3) is 0.643. The first-order valence-corrected chi connectivity index (χ1v) is 6.84. The Balaban J connectivity index is 2.37. The van der Waals surface area contributed by atoms with Crippen LogP contribution in [0.15, 0.2) is 17.1 Å². The van der Waals surface area contributed by atoms with E-state index in [1.54, 1.807) is 12.3 Å². The Kier molecular flexibility index (Phi) is 3.84. The molecule has 1 aliphatic heterocycles. The number of nitrogens with one attached hydrogen (secondary N) is 1. The highest BCUT2D eigenvalue weighted by Gasteiger charge is 2.52. The Hall–Kier alpha value is -1.11. The lowest BCUT2D eigenvalue weighted by Crippen LogP contribution is -2.41. The number of hydrogen-bond acceptors (Lipinski definition) is 4. The van der Waals surface area contributed by atoms with Crippen LogP contribution < -0.4 is 11.0 Å². The second-order valence-corrected chi connectivity index (χ2v) is 6.60. The summed E-state index contributed by atoms with van der Waals surface area (Å²) < 4.78 is 12.1. The molecule has 0 radical (unpaired) electrons. The van der Waals surface area contributed by atoms with Crippen LogP contribution in [0.25, 0.3) is 0 Å². The van der Waals surface area contributed by atoms with E-state index in [-0.39, 0.29) is 16.8 Å². The van der Waals surface area contributed by atoms with Crippen molar-refractivity contribution >= 4 is 12.6 Å². The Morgan fingerprint density at radius 3 is 2.25 bits per heavy atom. The molecule has 1 aromatic rings. The molecule has 5 nitrogen and oxygen atoms in total. The molecule has 110 valence electrons. The molecule has 0 atom stereocenters. The van der Waals surface area contributed by atoms with Crippen molar-refractivity contribution in [2.45, 2.75) is 45.4 Å². The smallest absolute Gasteiger partial charge is 0.399 e. The third-order valence-electron chi connectivity index (χ3n) is 4.04. The number of pyridine rings is 1. The molecule has 1 fully saturated rings. The van der Waals surface area contributed by atoms with Crippen LogP contribution in [-0.4, -0.2) is 42.3 Å². The molecule has 1 saturated heterocycles. The molecule has 0 aliphatic carbocycles. The summed E-state index contributed by atoms with van der Waals surface area (Å²) in [6.45, 7) is 8.74. The second kappa shape index (κ2) is 5.02. The van der Waals surface area contributed by atoms with Crippen molar-refractivity contribution in [3.8, 4) is 0 Å². The molecule has 0 aromatic carbocycles. The fourth-order valence-electron chi connectivity index (χ4n) is 2.19. The van der Waals surface area contributed by atoms with Gasteiger partial charge in [0, 0.05) is 24.3 Å². The van der Waals surface area contributed by atoms with Crippen molar-refractivity contribution in [3.63, 3.8) is 0 Å². The van der Waals surface area contributed by atoms with Crippen LogP contribution in [-0.2, 0) is 15.9 Å². The van der Waals surface area contributed by atoms with Gasteiger partial charge in [-0.1, -0.05) is 0 Å². The van der Waals surface area contributed by atoms with Crippen LogP contribution in [0.1, 0.15) is 33.3 Å². The van der Waals surface area contributed by atoms with Crippen LogP contribution in [0, 0.1) is 0 Å². The molecule has 1 aliphatic rings. The summed E-state index contributed by atoms with van der Waals surface area (Å²) in [6.07, 6.45) is 1.70. The third kappa shape index (κ3) is 2.82. The maximum absolute atomic E-state index is 11.5.